The molecule has 2 saturated heterocycles. The summed E-state index contributed by atoms with van der Waals surface area (Å²) in [5.41, 5.74) is 2.69. The molecule has 0 spiro atoms. The van der Waals surface area contributed by atoms with Gasteiger partial charge in [0.2, 0.25) is 11.8 Å². The monoisotopic (exact) mass is 443 g/mol. The molecule has 2 aromatic carbocycles. The molecule has 1 unspecified atom stereocenters. The molecule has 0 saturated carbocycles. The number of benzene rings is 2. The van der Waals surface area contributed by atoms with E-state index < -0.39 is 0 Å². The molecule has 2 aliphatic heterocycles. The van der Waals surface area contributed by atoms with E-state index in [1.165, 1.54) is 0 Å². The lowest BCUT2D eigenvalue weighted by molar-refractivity contribution is -0.122. The highest BCUT2D eigenvalue weighted by molar-refractivity contribution is 9.10. The zero-order valence-corrected chi connectivity index (χ0v) is 17.0. The van der Waals surface area contributed by atoms with E-state index in [1.807, 2.05) is 48.5 Å². The van der Waals surface area contributed by atoms with Gasteiger partial charge in [-0.15, -0.1) is 0 Å². The first kappa shape index (κ1) is 19.0. The molecule has 2 aromatic rings. The van der Waals surface area contributed by atoms with Crippen molar-refractivity contribution in [2.75, 3.05) is 48.0 Å². The van der Waals surface area contributed by atoms with Crippen LogP contribution in [-0.2, 0) is 14.3 Å². The zero-order valence-electron chi connectivity index (χ0n) is 15.4. The summed E-state index contributed by atoms with van der Waals surface area (Å²) < 4.78 is 6.33. The van der Waals surface area contributed by atoms with Crippen LogP contribution < -0.4 is 15.1 Å². The Morgan fingerprint density at radius 3 is 2.32 bits per heavy atom. The van der Waals surface area contributed by atoms with Crippen LogP contribution in [0.5, 0.6) is 0 Å². The normalized spacial score (nSPS) is 19.8. The van der Waals surface area contributed by atoms with Gasteiger partial charge in [0.15, 0.2) is 0 Å². The quantitative estimate of drug-likeness (QED) is 0.787. The average molecular weight is 444 g/mol. The van der Waals surface area contributed by atoms with Crippen molar-refractivity contribution in [3.05, 3.63) is 53.0 Å². The Bertz CT molecular complexity index is 848. The highest BCUT2D eigenvalue weighted by Gasteiger charge is 2.35. The van der Waals surface area contributed by atoms with Gasteiger partial charge in [-0.3, -0.25) is 9.59 Å². The van der Waals surface area contributed by atoms with E-state index in [9.17, 15) is 9.59 Å². The summed E-state index contributed by atoms with van der Waals surface area (Å²) in [6.07, 6.45) is 0.230. The van der Waals surface area contributed by atoms with E-state index in [-0.39, 0.29) is 24.2 Å². The van der Waals surface area contributed by atoms with E-state index in [1.54, 1.807) is 4.90 Å². The number of halogens is 1. The number of ether oxygens (including phenoxy) is 1. The van der Waals surface area contributed by atoms with Gasteiger partial charge < -0.3 is 19.9 Å². The van der Waals surface area contributed by atoms with Gasteiger partial charge in [-0.2, -0.15) is 0 Å². The third-order valence-electron chi connectivity index (χ3n) is 5.15. The summed E-state index contributed by atoms with van der Waals surface area (Å²) in [7, 11) is 0. The van der Waals surface area contributed by atoms with Crippen LogP contribution >= 0.6 is 15.9 Å². The number of rotatable bonds is 4. The topological polar surface area (TPSA) is 61.9 Å². The summed E-state index contributed by atoms with van der Waals surface area (Å²) in [5, 5.41) is 2.95. The van der Waals surface area contributed by atoms with Crippen molar-refractivity contribution in [2.24, 2.45) is 5.92 Å². The highest BCUT2D eigenvalue weighted by Crippen LogP contribution is 2.27. The molecule has 4 rings (SSSR count). The third-order valence-corrected chi connectivity index (χ3v) is 5.67. The van der Waals surface area contributed by atoms with Gasteiger partial charge in [0.25, 0.3) is 0 Å². The number of morpholine rings is 1. The number of hydrogen-bond donors (Lipinski definition) is 1. The maximum Gasteiger partial charge on any atom is 0.229 e. The van der Waals surface area contributed by atoms with E-state index in [2.05, 4.69) is 26.1 Å². The third kappa shape index (κ3) is 4.20. The van der Waals surface area contributed by atoms with Crippen LogP contribution in [0.15, 0.2) is 53.0 Å². The van der Waals surface area contributed by atoms with Gasteiger partial charge in [-0.1, -0.05) is 15.9 Å². The molecule has 0 radical (unpaired) electrons. The molecule has 2 fully saturated rings. The Morgan fingerprint density at radius 1 is 1.00 bits per heavy atom. The molecule has 7 heteroatoms. The standard InChI is InChI=1S/C21H22BrN3O3/c22-16-1-5-19(6-2-16)25-14-15(13-20(25)26)21(27)23-17-3-7-18(8-4-17)24-9-11-28-12-10-24/h1-8,15H,9-14H2,(H,23,27). The summed E-state index contributed by atoms with van der Waals surface area (Å²) in [6, 6.07) is 15.4. The van der Waals surface area contributed by atoms with Gasteiger partial charge in [0.05, 0.1) is 19.1 Å². The number of nitrogens with one attached hydrogen (secondary N) is 1. The Labute approximate surface area is 172 Å². The van der Waals surface area contributed by atoms with Crippen molar-refractivity contribution >= 4 is 44.8 Å². The first-order valence-electron chi connectivity index (χ1n) is 9.40. The van der Waals surface area contributed by atoms with Gasteiger partial charge in [-0.25, -0.2) is 0 Å². The van der Waals surface area contributed by atoms with Crippen molar-refractivity contribution < 1.29 is 14.3 Å². The second-order valence-electron chi connectivity index (χ2n) is 7.02. The Kier molecular flexibility index (Phi) is 5.64. The van der Waals surface area contributed by atoms with Crippen LogP contribution in [0.3, 0.4) is 0 Å². The lowest BCUT2D eigenvalue weighted by Crippen LogP contribution is -2.36. The largest absolute Gasteiger partial charge is 0.378 e. The molecule has 1 atom stereocenters. The second kappa shape index (κ2) is 8.32. The van der Waals surface area contributed by atoms with Crippen LogP contribution in [-0.4, -0.2) is 44.7 Å². The molecule has 2 heterocycles. The minimum Gasteiger partial charge on any atom is -0.378 e. The lowest BCUT2D eigenvalue weighted by Gasteiger charge is -2.28. The number of carbonyl (C=O) groups is 2. The molecule has 0 bridgehead atoms. The van der Waals surface area contributed by atoms with Crippen LogP contribution in [0.1, 0.15) is 6.42 Å². The molecule has 28 heavy (non-hydrogen) atoms. The van der Waals surface area contributed by atoms with E-state index >= 15 is 0 Å². The Morgan fingerprint density at radius 2 is 1.64 bits per heavy atom. The first-order valence-corrected chi connectivity index (χ1v) is 10.2. The van der Waals surface area contributed by atoms with Crippen LogP contribution in [0.2, 0.25) is 0 Å². The van der Waals surface area contributed by atoms with Crippen molar-refractivity contribution in [3.8, 4) is 0 Å². The van der Waals surface area contributed by atoms with E-state index in [0.29, 0.717) is 6.54 Å². The fourth-order valence-electron chi connectivity index (χ4n) is 3.58. The maximum absolute atomic E-state index is 12.7. The molecule has 1 N–H and O–H groups in total. The van der Waals surface area contributed by atoms with Crippen LogP contribution in [0.4, 0.5) is 17.1 Å². The number of amides is 2. The first-order chi connectivity index (χ1) is 13.6. The van der Waals surface area contributed by atoms with Gasteiger partial charge >= 0.3 is 0 Å². The summed E-state index contributed by atoms with van der Waals surface area (Å²) in [4.78, 5) is 29.0. The van der Waals surface area contributed by atoms with E-state index in [0.717, 1.165) is 47.8 Å². The molecule has 0 aliphatic carbocycles. The predicted octanol–water partition coefficient (Wildman–Crippen LogP) is 3.28. The van der Waals surface area contributed by atoms with Crippen LogP contribution in [0.25, 0.3) is 0 Å². The smallest absolute Gasteiger partial charge is 0.229 e. The summed E-state index contributed by atoms with van der Waals surface area (Å²) >= 11 is 3.39. The molecule has 0 aromatic heterocycles. The average Bonchev–Trinajstić information content (AvgIpc) is 3.12. The second-order valence-corrected chi connectivity index (χ2v) is 7.93. The molecular weight excluding hydrogens is 422 g/mol. The minimum atomic E-state index is -0.352. The SMILES string of the molecule is O=C(Nc1ccc(N2CCOCC2)cc1)C1CC(=O)N(c2ccc(Br)cc2)C1. The highest BCUT2D eigenvalue weighted by atomic mass is 79.9. The Hall–Kier alpha value is -2.38. The molecule has 6 nitrogen and oxygen atoms in total. The number of anilines is 3. The molecule has 2 aliphatic rings. The fraction of sp³-hybridized carbons (Fsp3) is 0.333. The zero-order chi connectivity index (χ0) is 19.5. The van der Waals surface area contributed by atoms with Gasteiger partial charge in [-0.05, 0) is 48.5 Å². The van der Waals surface area contributed by atoms with E-state index in [4.69, 9.17) is 4.74 Å². The van der Waals surface area contributed by atoms with Crippen molar-refractivity contribution in [3.63, 3.8) is 0 Å². The summed E-state index contributed by atoms with van der Waals surface area (Å²) in [6.45, 7) is 3.63. The number of nitrogens with zero attached hydrogens (tertiary/aromatic N) is 2. The molecular formula is C21H22BrN3O3. The Balaban J connectivity index is 1.37. The molecule has 146 valence electrons. The number of hydrogen-bond acceptors (Lipinski definition) is 4. The van der Waals surface area contributed by atoms with Gasteiger partial charge in [0, 0.05) is 47.6 Å². The number of carbonyl (C=O) groups excluding carboxylic acids is 2. The molecule has 2 amide bonds. The lowest BCUT2D eigenvalue weighted by atomic mass is 10.1. The van der Waals surface area contributed by atoms with Crippen molar-refractivity contribution in [1.82, 2.24) is 0 Å². The maximum atomic E-state index is 12.7. The minimum absolute atomic E-state index is 0.0230. The predicted molar refractivity (Wildman–Crippen MR) is 113 cm³/mol. The van der Waals surface area contributed by atoms with Gasteiger partial charge in [0.1, 0.15) is 0 Å². The fourth-order valence-corrected chi connectivity index (χ4v) is 3.84. The van der Waals surface area contributed by atoms with Crippen LogP contribution in [0, 0.1) is 5.92 Å². The van der Waals surface area contributed by atoms with Crippen molar-refractivity contribution in [2.45, 2.75) is 6.42 Å². The van der Waals surface area contributed by atoms with Crippen molar-refractivity contribution in [1.29, 1.82) is 0 Å². The summed E-state index contributed by atoms with van der Waals surface area (Å²) in [5.74, 6) is -0.493.